The van der Waals surface area contributed by atoms with E-state index in [1.54, 1.807) is 7.11 Å². The van der Waals surface area contributed by atoms with Crippen molar-refractivity contribution < 1.29 is 19.4 Å². The number of hydrogen-bond acceptors (Lipinski definition) is 3. The summed E-state index contributed by atoms with van der Waals surface area (Å²) in [6, 6.07) is -0.413. The van der Waals surface area contributed by atoms with Crippen LogP contribution in [0.5, 0.6) is 0 Å². The first-order valence-electron chi connectivity index (χ1n) is 7.18. The molecule has 0 spiro atoms. The van der Waals surface area contributed by atoms with Crippen LogP contribution in [0, 0.1) is 11.8 Å². The van der Waals surface area contributed by atoms with Crippen molar-refractivity contribution in [3.8, 4) is 0 Å². The van der Waals surface area contributed by atoms with E-state index in [4.69, 9.17) is 4.74 Å². The largest absolute Gasteiger partial charge is 0.480 e. The van der Waals surface area contributed by atoms with Gasteiger partial charge in [-0.15, -0.1) is 0 Å². The lowest BCUT2D eigenvalue weighted by Gasteiger charge is -2.37. The minimum Gasteiger partial charge on any atom is -0.480 e. The molecule has 0 radical (unpaired) electrons. The molecule has 1 aliphatic rings. The van der Waals surface area contributed by atoms with Crippen LogP contribution in [-0.4, -0.2) is 42.9 Å². The van der Waals surface area contributed by atoms with Crippen LogP contribution in [0.3, 0.4) is 0 Å². The highest BCUT2D eigenvalue weighted by Gasteiger charge is 2.43. The van der Waals surface area contributed by atoms with E-state index in [1.165, 1.54) is 0 Å². The van der Waals surface area contributed by atoms with Crippen molar-refractivity contribution >= 4 is 12.0 Å². The van der Waals surface area contributed by atoms with Gasteiger partial charge in [0.2, 0.25) is 0 Å². The third-order valence-electron chi connectivity index (χ3n) is 3.82. The van der Waals surface area contributed by atoms with Gasteiger partial charge in [-0.3, -0.25) is 0 Å². The van der Waals surface area contributed by atoms with E-state index in [1.807, 2.05) is 13.8 Å². The van der Waals surface area contributed by atoms with Crippen LogP contribution in [-0.2, 0) is 9.53 Å². The highest BCUT2D eigenvalue weighted by atomic mass is 16.5. The molecule has 3 unspecified atom stereocenters. The average Bonchev–Trinajstić information content (AvgIpc) is 2.36. The fourth-order valence-corrected chi connectivity index (χ4v) is 2.78. The average molecular weight is 286 g/mol. The van der Waals surface area contributed by atoms with Gasteiger partial charge in [0.1, 0.15) is 5.54 Å². The van der Waals surface area contributed by atoms with Crippen LogP contribution in [0.2, 0.25) is 0 Å². The quantitative estimate of drug-likeness (QED) is 0.692. The first-order valence-corrected chi connectivity index (χ1v) is 7.18. The Morgan fingerprint density at radius 2 is 2.20 bits per heavy atom. The summed E-state index contributed by atoms with van der Waals surface area (Å²) in [7, 11) is 1.61. The molecule has 6 heteroatoms. The molecular formula is C14H26N2O4. The van der Waals surface area contributed by atoms with Gasteiger partial charge in [-0.05, 0) is 24.7 Å². The van der Waals surface area contributed by atoms with Crippen LogP contribution in [0.1, 0.15) is 39.5 Å². The number of rotatable bonds is 6. The van der Waals surface area contributed by atoms with Crippen molar-refractivity contribution in [1.29, 1.82) is 0 Å². The maximum absolute atomic E-state index is 11.9. The second-order valence-electron chi connectivity index (χ2n) is 5.98. The molecule has 1 rings (SSSR count). The number of urea groups is 1. The van der Waals surface area contributed by atoms with E-state index in [-0.39, 0.29) is 5.92 Å². The van der Waals surface area contributed by atoms with Crippen LogP contribution in [0.15, 0.2) is 0 Å². The van der Waals surface area contributed by atoms with Gasteiger partial charge in [0.15, 0.2) is 0 Å². The van der Waals surface area contributed by atoms with Gasteiger partial charge in [0, 0.05) is 13.7 Å². The number of hydrogen-bond donors (Lipinski definition) is 3. The maximum Gasteiger partial charge on any atom is 0.329 e. The SMILES string of the molecule is COCC(C)CNC(=O)NC1(C(=O)O)CCCC(C)C1. The summed E-state index contributed by atoms with van der Waals surface area (Å²) in [6.45, 7) is 5.00. The van der Waals surface area contributed by atoms with Crippen molar-refractivity contribution in [1.82, 2.24) is 10.6 Å². The Hall–Kier alpha value is -1.30. The predicted molar refractivity (Wildman–Crippen MR) is 75.6 cm³/mol. The predicted octanol–water partition coefficient (Wildman–Crippen LogP) is 1.60. The van der Waals surface area contributed by atoms with E-state index in [0.717, 1.165) is 12.8 Å². The van der Waals surface area contributed by atoms with Gasteiger partial charge >= 0.3 is 12.0 Å². The first kappa shape index (κ1) is 16.8. The Balaban J connectivity index is 2.53. The molecule has 20 heavy (non-hydrogen) atoms. The highest BCUT2D eigenvalue weighted by Crippen LogP contribution is 2.32. The molecule has 6 nitrogen and oxygen atoms in total. The zero-order chi connectivity index (χ0) is 15.2. The minimum atomic E-state index is -1.12. The molecule has 0 aromatic carbocycles. The van der Waals surface area contributed by atoms with Crippen LogP contribution < -0.4 is 10.6 Å². The van der Waals surface area contributed by atoms with Gasteiger partial charge in [0.05, 0.1) is 6.61 Å². The molecule has 0 aromatic rings. The molecule has 0 aromatic heterocycles. The van der Waals surface area contributed by atoms with E-state index in [2.05, 4.69) is 10.6 Å². The van der Waals surface area contributed by atoms with Crippen molar-refractivity contribution in [2.24, 2.45) is 11.8 Å². The van der Waals surface area contributed by atoms with E-state index >= 15 is 0 Å². The summed E-state index contributed by atoms with van der Waals surface area (Å²) < 4.78 is 4.99. The normalized spacial score (nSPS) is 27.6. The zero-order valence-corrected chi connectivity index (χ0v) is 12.6. The second kappa shape index (κ2) is 7.47. The topological polar surface area (TPSA) is 87.7 Å². The molecular weight excluding hydrogens is 260 g/mol. The summed E-state index contributed by atoms with van der Waals surface area (Å²) in [4.78, 5) is 23.4. The lowest BCUT2D eigenvalue weighted by atomic mass is 9.76. The third-order valence-corrected chi connectivity index (χ3v) is 3.82. The number of ether oxygens (including phenoxy) is 1. The van der Waals surface area contributed by atoms with Gasteiger partial charge < -0.3 is 20.5 Å². The monoisotopic (exact) mass is 286 g/mol. The third kappa shape index (κ3) is 4.67. The molecule has 1 fully saturated rings. The number of amides is 2. The van der Waals surface area contributed by atoms with Gasteiger partial charge in [0.25, 0.3) is 0 Å². The smallest absolute Gasteiger partial charge is 0.329 e. The molecule has 3 N–H and O–H groups in total. The minimum absolute atomic E-state index is 0.191. The van der Waals surface area contributed by atoms with Crippen molar-refractivity contribution in [2.45, 2.75) is 45.1 Å². The zero-order valence-electron chi connectivity index (χ0n) is 12.6. The van der Waals surface area contributed by atoms with Gasteiger partial charge in [-0.2, -0.15) is 0 Å². The molecule has 1 aliphatic carbocycles. The number of carbonyl (C=O) groups excluding carboxylic acids is 1. The summed E-state index contributed by atoms with van der Waals surface area (Å²) in [5, 5.41) is 14.8. The number of carboxylic acids is 1. The van der Waals surface area contributed by atoms with Crippen molar-refractivity contribution in [3.63, 3.8) is 0 Å². The highest BCUT2D eigenvalue weighted by molar-refractivity contribution is 5.86. The molecule has 0 aliphatic heterocycles. The van der Waals surface area contributed by atoms with E-state index in [0.29, 0.717) is 31.9 Å². The number of nitrogens with one attached hydrogen (secondary N) is 2. The lowest BCUT2D eigenvalue weighted by Crippen LogP contribution is -2.59. The Bertz CT molecular complexity index is 348. The number of methoxy groups -OCH3 is 1. The van der Waals surface area contributed by atoms with Crippen molar-refractivity contribution in [3.05, 3.63) is 0 Å². The molecule has 0 saturated heterocycles. The fraction of sp³-hybridized carbons (Fsp3) is 0.857. The van der Waals surface area contributed by atoms with E-state index in [9.17, 15) is 14.7 Å². The van der Waals surface area contributed by atoms with Gasteiger partial charge in [-0.25, -0.2) is 9.59 Å². The maximum atomic E-state index is 11.9. The number of carboxylic acid groups (broad SMARTS) is 1. The second-order valence-corrected chi connectivity index (χ2v) is 5.98. The van der Waals surface area contributed by atoms with Gasteiger partial charge in [-0.1, -0.05) is 26.7 Å². The van der Waals surface area contributed by atoms with E-state index < -0.39 is 17.5 Å². The summed E-state index contributed by atoms with van der Waals surface area (Å²) in [5.74, 6) is -0.437. The molecule has 3 atom stereocenters. The lowest BCUT2D eigenvalue weighted by molar-refractivity contribution is -0.146. The van der Waals surface area contributed by atoms with Crippen LogP contribution in [0.4, 0.5) is 4.79 Å². The Morgan fingerprint density at radius 1 is 1.50 bits per heavy atom. The fourth-order valence-electron chi connectivity index (χ4n) is 2.78. The van der Waals surface area contributed by atoms with Crippen molar-refractivity contribution in [2.75, 3.05) is 20.3 Å². The standard InChI is InChI=1S/C14H26N2O4/c1-10-5-4-6-14(7-10,12(17)18)16-13(19)15-8-11(2)9-20-3/h10-11H,4-9H2,1-3H3,(H,17,18)(H2,15,16,19). The Labute approximate surface area is 120 Å². The molecule has 2 amide bonds. The first-order chi connectivity index (χ1) is 9.39. The van der Waals surface area contributed by atoms with Crippen LogP contribution in [0.25, 0.3) is 0 Å². The molecule has 0 bridgehead atoms. The molecule has 116 valence electrons. The number of aliphatic carboxylic acids is 1. The van der Waals surface area contributed by atoms with Crippen LogP contribution >= 0.6 is 0 Å². The summed E-state index contributed by atoms with van der Waals surface area (Å²) in [6.07, 6.45) is 2.83. The summed E-state index contributed by atoms with van der Waals surface area (Å²) >= 11 is 0. The Morgan fingerprint density at radius 3 is 2.75 bits per heavy atom. The Kier molecular flexibility index (Phi) is 6.26. The number of carbonyl (C=O) groups is 2. The molecule has 1 saturated carbocycles. The molecule has 0 heterocycles. The summed E-state index contributed by atoms with van der Waals surface area (Å²) in [5.41, 5.74) is -1.12.